The molecule has 0 unspecified atom stereocenters. The molecule has 0 aliphatic heterocycles. The first kappa shape index (κ1) is 11.4. The molecule has 0 aliphatic carbocycles. The lowest BCUT2D eigenvalue weighted by Gasteiger charge is -2.02. The van der Waals surface area contributed by atoms with E-state index in [0.717, 1.165) is 16.6 Å². The number of aryl methyl sites for hydroxylation is 1. The molecule has 3 heterocycles. The van der Waals surface area contributed by atoms with Crippen molar-refractivity contribution in [2.45, 2.75) is 6.92 Å². The summed E-state index contributed by atoms with van der Waals surface area (Å²) in [7, 11) is 0. The number of amides is 1. The molecule has 5 heteroatoms. The van der Waals surface area contributed by atoms with Gasteiger partial charge < -0.3 is 10.3 Å². The summed E-state index contributed by atoms with van der Waals surface area (Å²) in [4.78, 5) is 23.4. The van der Waals surface area contributed by atoms with Crippen LogP contribution in [0.3, 0.4) is 0 Å². The molecule has 0 atom stereocenters. The van der Waals surface area contributed by atoms with Gasteiger partial charge in [0.25, 0.3) is 5.91 Å². The molecule has 1 amide bonds. The van der Waals surface area contributed by atoms with Crippen molar-refractivity contribution < 1.29 is 4.79 Å². The zero-order chi connectivity index (χ0) is 13.2. The third kappa shape index (κ3) is 2.30. The van der Waals surface area contributed by atoms with Crippen molar-refractivity contribution in [3.63, 3.8) is 0 Å². The fraction of sp³-hybridized carbons (Fsp3) is 0.0714. The van der Waals surface area contributed by atoms with Crippen molar-refractivity contribution in [2.75, 3.05) is 5.32 Å². The maximum atomic E-state index is 12.1. The number of aromatic nitrogens is 3. The molecular formula is C14H12N4O. The molecule has 3 rings (SSSR count). The molecule has 0 spiro atoms. The molecule has 5 nitrogen and oxygen atoms in total. The third-order valence-corrected chi connectivity index (χ3v) is 2.79. The van der Waals surface area contributed by atoms with Gasteiger partial charge in [0.2, 0.25) is 0 Å². The van der Waals surface area contributed by atoms with Crippen LogP contribution in [0, 0.1) is 6.92 Å². The molecule has 2 N–H and O–H groups in total. The largest absolute Gasteiger partial charge is 0.349 e. The van der Waals surface area contributed by atoms with Crippen LogP contribution < -0.4 is 5.32 Å². The van der Waals surface area contributed by atoms with Crippen LogP contribution in [0.4, 0.5) is 5.82 Å². The second kappa shape index (κ2) is 4.53. The van der Waals surface area contributed by atoms with Gasteiger partial charge in [-0.2, -0.15) is 0 Å². The number of carbonyl (C=O) groups is 1. The van der Waals surface area contributed by atoms with Crippen LogP contribution in [0.2, 0.25) is 0 Å². The van der Waals surface area contributed by atoms with Gasteiger partial charge in [0, 0.05) is 12.4 Å². The van der Waals surface area contributed by atoms with Crippen LogP contribution >= 0.6 is 0 Å². The summed E-state index contributed by atoms with van der Waals surface area (Å²) < 4.78 is 0. The average molecular weight is 252 g/mol. The van der Waals surface area contributed by atoms with E-state index in [9.17, 15) is 4.79 Å². The molecule has 3 aromatic rings. The lowest BCUT2D eigenvalue weighted by molar-refractivity contribution is 0.102. The van der Waals surface area contributed by atoms with E-state index in [1.807, 2.05) is 25.1 Å². The monoisotopic (exact) mass is 252 g/mol. The van der Waals surface area contributed by atoms with Crippen molar-refractivity contribution >= 4 is 22.8 Å². The van der Waals surface area contributed by atoms with Gasteiger partial charge in [0.15, 0.2) is 0 Å². The van der Waals surface area contributed by atoms with Crippen LogP contribution in [-0.4, -0.2) is 20.9 Å². The summed E-state index contributed by atoms with van der Waals surface area (Å²) in [6.45, 7) is 1.95. The number of rotatable bonds is 2. The number of nitrogens with zero attached hydrogens (tertiary/aromatic N) is 2. The number of nitrogens with one attached hydrogen (secondary N) is 2. The zero-order valence-electron chi connectivity index (χ0n) is 10.3. The Morgan fingerprint density at radius 1 is 1.26 bits per heavy atom. The van der Waals surface area contributed by atoms with Gasteiger partial charge in [-0.25, -0.2) is 4.98 Å². The summed E-state index contributed by atoms with van der Waals surface area (Å²) in [5, 5.41) is 2.74. The van der Waals surface area contributed by atoms with E-state index >= 15 is 0 Å². The number of hydrogen-bond donors (Lipinski definition) is 2. The first-order chi connectivity index (χ1) is 9.22. The maximum Gasteiger partial charge on any atom is 0.273 e. The van der Waals surface area contributed by atoms with Crippen LogP contribution in [0.25, 0.3) is 11.0 Å². The van der Waals surface area contributed by atoms with Crippen molar-refractivity contribution in [2.24, 2.45) is 0 Å². The van der Waals surface area contributed by atoms with Gasteiger partial charge in [0.05, 0.1) is 11.0 Å². The van der Waals surface area contributed by atoms with E-state index in [-0.39, 0.29) is 5.91 Å². The van der Waals surface area contributed by atoms with Gasteiger partial charge in [-0.3, -0.25) is 9.78 Å². The first-order valence-electron chi connectivity index (χ1n) is 5.90. The Balaban J connectivity index is 1.85. The number of H-pyrrole nitrogens is 1. The van der Waals surface area contributed by atoms with Gasteiger partial charge in [-0.15, -0.1) is 0 Å². The van der Waals surface area contributed by atoms with Crippen LogP contribution in [0.15, 0.2) is 42.7 Å². The van der Waals surface area contributed by atoms with E-state index < -0.39 is 0 Å². The highest BCUT2D eigenvalue weighted by Gasteiger charge is 2.10. The smallest absolute Gasteiger partial charge is 0.273 e. The standard InChI is InChI=1S/C14H12N4O/c1-9-4-5-13(16-8-9)18-14(19)12-7-11-10(17-12)3-2-6-15-11/h2-8,17H,1H3,(H,16,18,19). The Hall–Kier alpha value is -2.69. The van der Waals surface area contributed by atoms with E-state index in [1.165, 1.54) is 0 Å². The SMILES string of the molecule is Cc1ccc(NC(=O)c2cc3ncccc3[nH]2)nc1. The Morgan fingerprint density at radius 2 is 2.16 bits per heavy atom. The van der Waals surface area contributed by atoms with E-state index in [1.54, 1.807) is 24.5 Å². The van der Waals surface area contributed by atoms with Crippen LogP contribution in [0.1, 0.15) is 16.1 Å². The molecule has 0 aromatic carbocycles. The molecule has 0 saturated heterocycles. The third-order valence-electron chi connectivity index (χ3n) is 2.79. The van der Waals surface area contributed by atoms with Crippen molar-refractivity contribution in [3.05, 3.63) is 54.0 Å². The minimum atomic E-state index is -0.227. The summed E-state index contributed by atoms with van der Waals surface area (Å²) in [5.41, 5.74) is 3.12. The number of hydrogen-bond acceptors (Lipinski definition) is 3. The Bertz CT molecular complexity index is 698. The topological polar surface area (TPSA) is 70.7 Å². The number of pyridine rings is 2. The normalized spacial score (nSPS) is 10.6. The highest BCUT2D eigenvalue weighted by molar-refractivity contribution is 6.05. The summed E-state index contributed by atoms with van der Waals surface area (Å²) in [6.07, 6.45) is 3.40. The highest BCUT2D eigenvalue weighted by Crippen LogP contribution is 2.13. The molecule has 0 fully saturated rings. The van der Waals surface area contributed by atoms with Crippen molar-refractivity contribution in [1.82, 2.24) is 15.0 Å². The maximum absolute atomic E-state index is 12.1. The van der Waals surface area contributed by atoms with Gasteiger partial charge >= 0.3 is 0 Å². The molecule has 3 aromatic heterocycles. The van der Waals surface area contributed by atoms with E-state index in [0.29, 0.717) is 11.5 Å². The minimum absolute atomic E-state index is 0.227. The Morgan fingerprint density at radius 3 is 2.89 bits per heavy atom. The predicted molar refractivity (Wildman–Crippen MR) is 73.0 cm³/mol. The summed E-state index contributed by atoms with van der Waals surface area (Å²) >= 11 is 0. The molecular weight excluding hydrogens is 240 g/mol. The molecule has 0 radical (unpaired) electrons. The van der Waals surface area contributed by atoms with E-state index in [4.69, 9.17) is 0 Å². The fourth-order valence-electron chi connectivity index (χ4n) is 1.80. The lowest BCUT2D eigenvalue weighted by atomic mass is 10.3. The highest BCUT2D eigenvalue weighted by atomic mass is 16.1. The second-order valence-electron chi connectivity index (χ2n) is 4.29. The molecule has 0 saturated carbocycles. The fourth-order valence-corrected chi connectivity index (χ4v) is 1.80. The van der Waals surface area contributed by atoms with Crippen molar-refractivity contribution in [3.8, 4) is 0 Å². The van der Waals surface area contributed by atoms with Gasteiger partial charge in [0.1, 0.15) is 11.5 Å². The number of aromatic amines is 1. The molecule has 94 valence electrons. The van der Waals surface area contributed by atoms with Gasteiger partial charge in [-0.05, 0) is 36.8 Å². The van der Waals surface area contributed by atoms with E-state index in [2.05, 4.69) is 20.3 Å². The molecule has 0 aliphatic rings. The number of fused-ring (bicyclic) bond motifs is 1. The Kier molecular flexibility index (Phi) is 2.72. The van der Waals surface area contributed by atoms with Crippen LogP contribution in [-0.2, 0) is 0 Å². The summed E-state index contributed by atoms with van der Waals surface area (Å²) in [6, 6.07) is 9.09. The molecule has 19 heavy (non-hydrogen) atoms. The van der Waals surface area contributed by atoms with Crippen LogP contribution in [0.5, 0.6) is 0 Å². The van der Waals surface area contributed by atoms with Gasteiger partial charge in [-0.1, -0.05) is 6.07 Å². The number of anilines is 1. The average Bonchev–Trinajstić information content (AvgIpc) is 2.85. The zero-order valence-corrected chi connectivity index (χ0v) is 10.3. The second-order valence-corrected chi connectivity index (χ2v) is 4.29. The number of carbonyl (C=O) groups excluding carboxylic acids is 1. The first-order valence-corrected chi connectivity index (χ1v) is 5.90. The quantitative estimate of drug-likeness (QED) is 0.736. The molecule has 0 bridgehead atoms. The van der Waals surface area contributed by atoms with Crippen molar-refractivity contribution in [1.29, 1.82) is 0 Å². The Labute approximate surface area is 109 Å². The minimum Gasteiger partial charge on any atom is -0.349 e. The predicted octanol–water partition coefficient (Wildman–Crippen LogP) is 2.52. The lowest BCUT2D eigenvalue weighted by Crippen LogP contribution is -2.13. The summed E-state index contributed by atoms with van der Waals surface area (Å²) in [5.74, 6) is 0.302.